The number of nitrogens with zero attached hydrogens (tertiary/aromatic N) is 2. The molecular weight excluding hydrogens is 364 g/mol. The van der Waals surface area contributed by atoms with Crippen LogP contribution in [0.4, 0.5) is 0 Å². The van der Waals surface area contributed by atoms with Crippen LogP contribution in [0.25, 0.3) is 0 Å². The number of benzene rings is 1. The minimum absolute atomic E-state index is 0.0255. The maximum Gasteiger partial charge on any atom is 0.289 e. The molecule has 1 aliphatic carbocycles. The van der Waals surface area contributed by atoms with Crippen molar-refractivity contribution >= 4 is 5.91 Å². The van der Waals surface area contributed by atoms with E-state index in [1.165, 1.54) is 43.2 Å². The molecule has 4 rings (SSSR count). The molecule has 1 saturated carbocycles. The highest BCUT2D eigenvalue weighted by molar-refractivity contribution is 5.91. The molecule has 0 unspecified atom stereocenters. The lowest BCUT2D eigenvalue weighted by Crippen LogP contribution is -2.40. The van der Waals surface area contributed by atoms with E-state index in [0.29, 0.717) is 38.1 Å². The molecule has 2 aromatic rings. The lowest BCUT2D eigenvalue weighted by molar-refractivity contribution is 0.0280. The van der Waals surface area contributed by atoms with E-state index < -0.39 is 0 Å². The van der Waals surface area contributed by atoms with Crippen LogP contribution in [0.2, 0.25) is 0 Å². The van der Waals surface area contributed by atoms with Crippen molar-refractivity contribution in [2.75, 3.05) is 26.3 Å². The minimum Gasteiger partial charge on any atom is -0.455 e. The summed E-state index contributed by atoms with van der Waals surface area (Å²) in [6, 6.07) is 13.1. The molecule has 0 bridgehead atoms. The predicted octanol–water partition coefficient (Wildman–Crippen LogP) is 4.40. The van der Waals surface area contributed by atoms with Crippen molar-refractivity contribution in [2.45, 2.75) is 58.2 Å². The number of carbonyl (C=O) groups is 1. The molecule has 1 aromatic carbocycles. The van der Waals surface area contributed by atoms with Gasteiger partial charge in [0.2, 0.25) is 0 Å². The number of aryl methyl sites for hydroxylation is 1. The first-order valence-corrected chi connectivity index (χ1v) is 10.9. The number of amides is 1. The quantitative estimate of drug-likeness (QED) is 0.726. The first kappa shape index (κ1) is 20.2. The Balaban J connectivity index is 1.46. The maximum absolute atomic E-state index is 12.7. The monoisotopic (exact) mass is 396 g/mol. The summed E-state index contributed by atoms with van der Waals surface area (Å²) in [5, 5.41) is 0. The number of hydrogen-bond acceptors (Lipinski definition) is 4. The van der Waals surface area contributed by atoms with Crippen LogP contribution in [-0.4, -0.2) is 48.1 Å². The van der Waals surface area contributed by atoms with Crippen LogP contribution >= 0.6 is 0 Å². The molecule has 1 aliphatic heterocycles. The van der Waals surface area contributed by atoms with Crippen molar-refractivity contribution in [3.8, 4) is 0 Å². The van der Waals surface area contributed by atoms with Crippen LogP contribution in [0.5, 0.6) is 0 Å². The van der Waals surface area contributed by atoms with E-state index in [2.05, 4.69) is 36.1 Å². The van der Waals surface area contributed by atoms with Crippen LogP contribution in [0, 0.1) is 6.92 Å². The van der Waals surface area contributed by atoms with Gasteiger partial charge >= 0.3 is 0 Å². The second-order valence-electron chi connectivity index (χ2n) is 8.36. The van der Waals surface area contributed by atoms with Crippen LogP contribution in [-0.2, 0) is 17.8 Å². The van der Waals surface area contributed by atoms with Crippen LogP contribution in [0.15, 0.2) is 40.8 Å². The van der Waals surface area contributed by atoms with E-state index in [0.717, 1.165) is 18.8 Å². The van der Waals surface area contributed by atoms with Gasteiger partial charge in [0.25, 0.3) is 5.91 Å². The van der Waals surface area contributed by atoms with Crippen LogP contribution in [0.3, 0.4) is 0 Å². The predicted molar refractivity (Wildman–Crippen MR) is 113 cm³/mol. The normalized spacial score (nSPS) is 18.3. The Morgan fingerprint density at radius 1 is 1.07 bits per heavy atom. The second-order valence-corrected chi connectivity index (χ2v) is 8.36. The van der Waals surface area contributed by atoms with Gasteiger partial charge in [-0.25, -0.2) is 0 Å². The molecule has 2 aliphatic rings. The zero-order chi connectivity index (χ0) is 20.1. The maximum atomic E-state index is 12.7. The minimum atomic E-state index is -0.0255. The fraction of sp³-hybridized carbons (Fsp3) is 0.542. The largest absolute Gasteiger partial charge is 0.455 e. The smallest absolute Gasteiger partial charge is 0.289 e. The second kappa shape index (κ2) is 9.59. The molecule has 1 amide bonds. The number of hydrogen-bond donors (Lipinski definition) is 0. The molecule has 0 N–H and O–H groups in total. The zero-order valence-electron chi connectivity index (χ0n) is 17.4. The molecule has 0 spiro atoms. The third kappa shape index (κ3) is 5.28. The molecular formula is C24H32N2O3. The van der Waals surface area contributed by atoms with E-state index in [1.54, 1.807) is 0 Å². The SMILES string of the molecule is Cc1cccc(CN(Cc2ccc(C(=O)N3CCOCC3)o2)C2CCCCC2)c1. The summed E-state index contributed by atoms with van der Waals surface area (Å²) in [6.07, 6.45) is 6.42. The lowest BCUT2D eigenvalue weighted by atomic mass is 9.93. The molecule has 2 fully saturated rings. The van der Waals surface area contributed by atoms with Gasteiger partial charge < -0.3 is 14.1 Å². The van der Waals surface area contributed by atoms with E-state index in [-0.39, 0.29) is 5.91 Å². The molecule has 0 atom stereocenters. The van der Waals surface area contributed by atoms with Crippen molar-refractivity contribution in [3.63, 3.8) is 0 Å². The number of furan rings is 1. The van der Waals surface area contributed by atoms with Gasteiger partial charge in [-0.2, -0.15) is 0 Å². The zero-order valence-corrected chi connectivity index (χ0v) is 17.4. The fourth-order valence-corrected chi connectivity index (χ4v) is 4.51. The number of carbonyl (C=O) groups excluding carboxylic acids is 1. The average molecular weight is 397 g/mol. The highest BCUT2D eigenvalue weighted by Crippen LogP contribution is 2.26. The lowest BCUT2D eigenvalue weighted by Gasteiger charge is -2.34. The third-order valence-corrected chi connectivity index (χ3v) is 6.09. The van der Waals surface area contributed by atoms with Gasteiger partial charge in [0.05, 0.1) is 19.8 Å². The van der Waals surface area contributed by atoms with Gasteiger partial charge in [0.1, 0.15) is 5.76 Å². The Morgan fingerprint density at radius 3 is 2.62 bits per heavy atom. The van der Waals surface area contributed by atoms with Gasteiger partial charge in [0.15, 0.2) is 5.76 Å². The van der Waals surface area contributed by atoms with Crippen molar-refractivity contribution < 1.29 is 13.9 Å². The highest BCUT2D eigenvalue weighted by atomic mass is 16.5. The molecule has 29 heavy (non-hydrogen) atoms. The Hall–Kier alpha value is -2.11. The van der Waals surface area contributed by atoms with Crippen LogP contribution < -0.4 is 0 Å². The number of morpholine rings is 1. The van der Waals surface area contributed by atoms with Gasteiger partial charge in [-0.1, -0.05) is 49.1 Å². The Morgan fingerprint density at radius 2 is 1.86 bits per heavy atom. The molecule has 1 saturated heterocycles. The van der Waals surface area contributed by atoms with E-state index in [1.807, 2.05) is 17.0 Å². The molecule has 5 nitrogen and oxygen atoms in total. The molecule has 156 valence electrons. The summed E-state index contributed by atoms with van der Waals surface area (Å²) in [6.45, 7) is 6.28. The molecule has 1 aromatic heterocycles. The molecule has 2 heterocycles. The van der Waals surface area contributed by atoms with Gasteiger partial charge in [-0.05, 0) is 37.5 Å². The van der Waals surface area contributed by atoms with Crippen molar-refractivity contribution in [1.82, 2.24) is 9.80 Å². The summed E-state index contributed by atoms with van der Waals surface area (Å²) in [4.78, 5) is 17.0. The standard InChI is InChI=1S/C24H32N2O3/c1-19-6-5-7-20(16-19)17-26(21-8-3-2-4-9-21)18-22-10-11-23(29-22)24(27)25-12-14-28-15-13-25/h5-7,10-11,16,21H,2-4,8-9,12-15,17-18H2,1H3. The average Bonchev–Trinajstić information content (AvgIpc) is 3.23. The van der Waals surface area contributed by atoms with Crippen molar-refractivity contribution in [2.24, 2.45) is 0 Å². The molecule has 0 radical (unpaired) electrons. The fourth-order valence-electron chi connectivity index (χ4n) is 4.51. The highest BCUT2D eigenvalue weighted by Gasteiger charge is 2.25. The van der Waals surface area contributed by atoms with Gasteiger partial charge in [0, 0.05) is 25.7 Å². The number of rotatable bonds is 6. The first-order valence-electron chi connectivity index (χ1n) is 10.9. The van der Waals surface area contributed by atoms with E-state index >= 15 is 0 Å². The third-order valence-electron chi connectivity index (χ3n) is 6.09. The molecule has 5 heteroatoms. The first-order chi connectivity index (χ1) is 14.2. The summed E-state index contributed by atoms with van der Waals surface area (Å²) in [5.41, 5.74) is 2.63. The Bertz CT molecular complexity index is 804. The summed E-state index contributed by atoms with van der Waals surface area (Å²) in [5.74, 6) is 1.29. The number of ether oxygens (including phenoxy) is 1. The van der Waals surface area contributed by atoms with Gasteiger partial charge in [-0.15, -0.1) is 0 Å². The van der Waals surface area contributed by atoms with E-state index in [9.17, 15) is 4.79 Å². The summed E-state index contributed by atoms with van der Waals surface area (Å²) >= 11 is 0. The van der Waals surface area contributed by atoms with Crippen molar-refractivity contribution in [1.29, 1.82) is 0 Å². The summed E-state index contributed by atoms with van der Waals surface area (Å²) < 4.78 is 11.4. The van der Waals surface area contributed by atoms with E-state index in [4.69, 9.17) is 9.15 Å². The summed E-state index contributed by atoms with van der Waals surface area (Å²) in [7, 11) is 0. The van der Waals surface area contributed by atoms with Crippen molar-refractivity contribution in [3.05, 3.63) is 59.0 Å². The topological polar surface area (TPSA) is 45.9 Å². The Kier molecular flexibility index (Phi) is 6.67. The van der Waals surface area contributed by atoms with Gasteiger partial charge in [-0.3, -0.25) is 9.69 Å². The Labute approximate surface area is 173 Å². The van der Waals surface area contributed by atoms with Crippen LogP contribution in [0.1, 0.15) is 59.5 Å².